The number of imidazole rings is 1. The zero-order chi connectivity index (χ0) is 14.3. The van der Waals surface area contributed by atoms with Crippen LogP contribution in [0.1, 0.15) is 5.69 Å². The number of nitrogens with zero attached hydrogens (tertiary/aromatic N) is 5. The van der Waals surface area contributed by atoms with Crippen molar-refractivity contribution in [1.29, 1.82) is 0 Å². The first-order valence-corrected chi connectivity index (χ1v) is 6.67. The second-order valence-corrected chi connectivity index (χ2v) is 5.21. The molecule has 0 saturated heterocycles. The van der Waals surface area contributed by atoms with Gasteiger partial charge >= 0.3 is 5.69 Å². The Morgan fingerprint density at radius 3 is 2.95 bits per heavy atom. The Kier molecular flexibility index (Phi) is 2.94. The summed E-state index contributed by atoms with van der Waals surface area (Å²) in [6.07, 6.45) is 3.61. The molecule has 20 heavy (non-hydrogen) atoms. The summed E-state index contributed by atoms with van der Waals surface area (Å²) in [5, 5.41) is 16.4. The van der Waals surface area contributed by atoms with Crippen molar-refractivity contribution in [3.05, 3.63) is 46.4 Å². The number of fused-ring (bicyclic) bond motifs is 1. The minimum Gasteiger partial charge on any atom is -0.295 e. The molecule has 0 spiro atoms. The lowest BCUT2D eigenvalue weighted by Crippen LogP contribution is -1.96. The molecule has 0 aliphatic heterocycles. The van der Waals surface area contributed by atoms with Gasteiger partial charge in [-0.15, -0.1) is 0 Å². The fraction of sp³-hybridized carbons (Fsp3) is 0.167. The molecule has 3 rings (SSSR count). The van der Waals surface area contributed by atoms with Crippen molar-refractivity contribution >= 4 is 23.0 Å². The Morgan fingerprint density at radius 2 is 2.20 bits per heavy atom. The van der Waals surface area contributed by atoms with Gasteiger partial charge in [0.25, 0.3) is 0 Å². The summed E-state index contributed by atoms with van der Waals surface area (Å²) in [6.45, 7) is 1.63. The summed E-state index contributed by atoms with van der Waals surface area (Å²) in [5.41, 5.74) is 1.38. The van der Waals surface area contributed by atoms with Crippen molar-refractivity contribution in [2.45, 2.75) is 17.1 Å². The smallest absolute Gasteiger partial charge is 0.295 e. The van der Waals surface area contributed by atoms with Crippen molar-refractivity contribution in [3.63, 3.8) is 0 Å². The maximum atomic E-state index is 11.2. The molecule has 0 fully saturated rings. The minimum atomic E-state index is -0.402. The van der Waals surface area contributed by atoms with Gasteiger partial charge in [0.1, 0.15) is 5.69 Å². The van der Waals surface area contributed by atoms with Crippen LogP contribution in [0.3, 0.4) is 0 Å². The third kappa shape index (κ3) is 1.94. The normalized spacial score (nSPS) is 11.1. The van der Waals surface area contributed by atoms with Crippen LogP contribution >= 0.6 is 11.8 Å². The van der Waals surface area contributed by atoms with E-state index in [1.807, 2.05) is 28.8 Å². The van der Waals surface area contributed by atoms with Crippen LogP contribution in [0.15, 0.2) is 40.8 Å². The number of rotatable bonds is 3. The molecule has 3 aromatic heterocycles. The molecule has 0 aliphatic rings. The van der Waals surface area contributed by atoms with Crippen molar-refractivity contribution in [3.8, 4) is 0 Å². The molecule has 7 nitrogen and oxygen atoms in total. The van der Waals surface area contributed by atoms with Gasteiger partial charge in [-0.05, 0) is 30.8 Å². The van der Waals surface area contributed by atoms with Gasteiger partial charge in [0, 0.05) is 13.2 Å². The molecule has 0 aromatic carbocycles. The average Bonchev–Trinajstić information content (AvgIpc) is 2.92. The second-order valence-electron chi connectivity index (χ2n) is 4.26. The average molecular weight is 289 g/mol. The van der Waals surface area contributed by atoms with E-state index in [2.05, 4.69) is 10.1 Å². The summed E-state index contributed by atoms with van der Waals surface area (Å²) in [5.74, 6) is 0. The highest BCUT2D eigenvalue weighted by molar-refractivity contribution is 7.99. The van der Waals surface area contributed by atoms with Crippen molar-refractivity contribution < 1.29 is 4.92 Å². The lowest BCUT2D eigenvalue weighted by molar-refractivity contribution is -0.388. The molecule has 0 amide bonds. The van der Waals surface area contributed by atoms with Crippen LogP contribution < -0.4 is 0 Å². The summed E-state index contributed by atoms with van der Waals surface area (Å²) < 4.78 is 3.40. The molecule has 0 N–H and O–H groups in total. The third-order valence-corrected chi connectivity index (χ3v) is 4.05. The molecule has 3 heterocycles. The summed E-state index contributed by atoms with van der Waals surface area (Å²) >= 11 is 1.24. The van der Waals surface area contributed by atoms with Gasteiger partial charge in [0.2, 0.25) is 0 Å². The Morgan fingerprint density at radius 1 is 1.40 bits per heavy atom. The number of hydrogen-bond acceptors (Lipinski definition) is 5. The maximum absolute atomic E-state index is 11.2. The first-order chi connectivity index (χ1) is 9.58. The van der Waals surface area contributed by atoms with E-state index in [1.165, 1.54) is 16.4 Å². The van der Waals surface area contributed by atoms with Crippen LogP contribution in [-0.2, 0) is 7.05 Å². The number of pyridine rings is 1. The van der Waals surface area contributed by atoms with Gasteiger partial charge in [0.05, 0.1) is 16.6 Å². The monoisotopic (exact) mass is 289 g/mol. The van der Waals surface area contributed by atoms with E-state index in [4.69, 9.17) is 0 Å². The standard InChI is InChI=1S/C12H11N5O2S/c1-8-10(17(18)19)11(15(2)14-8)20-12-13-7-9-5-3-4-6-16(9)12/h3-7H,1-2H3. The highest BCUT2D eigenvalue weighted by Gasteiger charge is 2.25. The minimum absolute atomic E-state index is 0.0326. The number of nitro groups is 1. The van der Waals surface area contributed by atoms with Crippen molar-refractivity contribution in [1.82, 2.24) is 19.2 Å². The quantitative estimate of drug-likeness (QED) is 0.546. The topological polar surface area (TPSA) is 78.3 Å². The molecular formula is C12H11N5O2S. The molecule has 3 aromatic rings. The highest BCUT2D eigenvalue weighted by atomic mass is 32.2. The maximum Gasteiger partial charge on any atom is 0.324 e. The molecule has 0 aliphatic carbocycles. The van der Waals surface area contributed by atoms with Crippen LogP contribution in [0.5, 0.6) is 0 Å². The number of aromatic nitrogens is 4. The molecule has 0 saturated carbocycles. The van der Waals surface area contributed by atoms with E-state index >= 15 is 0 Å². The fourth-order valence-electron chi connectivity index (χ4n) is 2.03. The fourth-order valence-corrected chi connectivity index (χ4v) is 3.07. The molecule has 0 atom stereocenters. The van der Waals surface area contributed by atoms with Crippen LogP contribution in [0.4, 0.5) is 5.69 Å². The Balaban J connectivity index is 2.10. The summed E-state index contributed by atoms with van der Waals surface area (Å²) in [7, 11) is 1.69. The molecular weight excluding hydrogens is 278 g/mol. The van der Waals surface area contributed by atoms with Gasteiger partial charge < -0.3 is 0 Å². The van der Waals surface area contributed by atoms with Crippen molar-refractivity contribution in [2.75, 3.05) is 0 Å². The molecule has 8 heteroatoms. The van der Waals surface area contributed by atoms with Gasteiger partial charge in [-0.25, -0.2) is 4.98 Å². The van der Waals surface area contributed by atoms with Gasteiger partial charge in [0.15, 0.2) is 10.2 Å². The van der Waals surface area contributed by atoms with Crippen LogP contribution in [0.25, 0.3) is 5.52 Å². The van der Waals surface area contributed by atoms with E-state index in [9.17, 15) is 10.1 Å². The molecule has 0 bridgehead atoms. The first kappa shape index (κ1) is 12.7. The van der Waals surface area contributed by atoms with Crippen LogP contribution in [-0.4, -0.2) is 24.1 Å². The lowest BCUT2D eigenvalue weighted by Gasteiger charge is -2.01. The Bertz CT molecular complexity index is 807. The van der Waals surface area contributed by atoms with Gasteiger partial charge in [-0.3, -0.25) is 19.2 Å². The third-order valence-electron chi connectivity index (χ3n) is 2.91. The van der Waals surface area contributed by atoms with Crippen molar-refractivity contribution in [2.24, 2.45) is 7.05 Å². The Hall–Kier alpha value is -2.35. The predicted octanol–water partition coefficient (Wildman–Crippen LogP) is 2.44. The van der Waals surface area contributed by atoms with E-state index < -0.39 is 4.92 Å². The SMILES string of the molecule is Cc1nn(C)c(Sc2ncc3ccccn23)c1[N+](=O)[O-]. The number of hydrogen-bond donors (Lipinski definition) is 0. The van der Waals surface area contributed by atoms with Gasteiger partial charge in [-0.1, -0.05) is 6.07 Å². The van der Waals surface area contributed by atoms with Crippen LogP contribution in [0, 0.1) is 17.0 Å². The zero-order valence-corrected chi connectivity index (χ0v) is 11.7. The first-order valence-electron chi connectivity index (χ1n) is 5.86. The Labute approximate surface area is 118 Å². The highest BCUT2D eigenvalue weighted by Crippen LogP contribution is 2.35. The van der Waals surface area contributed by atoms with E-state index in [1.54, 1.807) is 20.2 Å². The predicted molar refractivity (Wildman–Crippen MR) is 73.9 cm³/mol. The van der Waals surface area contributed by atoms with Crippen LogP contribution in [0.2, 0.25) is 0 Å². The molecule has 102 valence electrons. The lowest BCUT2D eigenvalue weighted by atomic mass is 10.4. The summed E-state index contributed by atoms with van der Waals surface area (Å²) in [6, 6.07) is 5.74. The van der Waals surface area contributed by atoms with E-state index in [0.717, 1.165) is 5.52 Å². The van der Waals surface area contributed by atoms with Gasteiger partial charge in [-0.2, -0.15) is 5.10 Å². The number of aryl methyl sites for hydroxylation is 2. The molecule has 0 unspecified atom stereocenters. The second kappa shape index (κ2) is 4.64. The van der Waals surface area contributed by atoms with E-state index in [0.29, 0.717) is 15.9 Å². The molecule has 0 radical (unpaired) electrons. The summed E-state index contributed by atoms with van der Waals surface area (Å²) in [4.78, 5) is 15.1. The largest absolute Gasteiger partial charge is 0.324 e. The zero-order valence-electron chi connectivity index (χ0n) is 10.8. The van der Waals surface area contributed by atoms with E-state index in [-0.39, 0.29) is 5.69 Å².